The summed E-state index contributed by atoms with van der Waals surface area (Å²) >= 11 is 0. The number of benzene rings is 1. The Morgan fingerprint density at radius 2 is 1.96 bits per heavy atom. The molecule has 2 heterocycles. The van der Waals surface area contributed by atoms with Crippen LogP contribution in [0, 0.1) is 5.92 Å². The summed E-state index contributed by atoms with van der Waals surface area (Å²) in [7, 11) is 1.81. The van der Waals surface area contributed by atoms with Gasteiger partial charge in [-0.05, 0) is 43.9 Å². The van der Waals surface area contributed by atoms with Gasteiger partial charge >= 0.3 is 5.97 Å². The maximum absolute atomic E-state index is 13.1. The second kappa shape index (κ2) is 5.59. The third-order valence-corrected chi connectivity index (χ3v) is 6.07. The first kappa shape index (κ1) is 15.6. The van der Waals surface area contributed by atoms with Crippen LogP contribution in [-0.2, 0) is 21.5 Å². The lowest BCUT2D eigenvalue weighted by Crippen LogP contribution is -2.51. The molecule has 2 fully saturated rings. The second-order valence-corrected chi connectivity index (χ2v) is 7.70. The molecular weight excluding hydrogens is 304 g/mol. The lowest BCUT2D eigenvalue weighted by Gasteiger charge is -2.40. The van der Waals surface area contributed by atoms with Gasteiger partial charge in [0.05, 0.1) is 5.92 Å². The maximum Gasteiger partial charge on any atom is 0.320 e. The molecule has 0 radical (unpaired) electrons. The van der Waals surface area contributed by atoms with E-state index in [-0.39, 0.29) is 17.2 Å². The van der Waals surface area contributed by atoms with Crippen LogP contribution in [0.25, 0.3) is 0 Å². The molecule has 1 saturated carbocycles. The van der Waals surface area contributed by atoms with Crippen LogP contribution in [0.2, 0.25) is 0 Å². The molecule has 5 heteroatoms. The summed E-state index contributed by atoms with van der Waals surface area (Å²) in [6.45, 7) is 2.06. The summed E-state index contributed by atoms with van der Waals surface area (Å²) in [4.78, 5) is 28.1. The van der Waals surface area contributed by atoms with Crippen molar-refractivity contribution in [1.82, 2.24) is 9.80 Å². The molecule has 5 nitrogen and oxygen atoms in total. The third-order valence-electron chi connectivity index (χ3n) is 6.07. The number of nitrogens with zero attached hydrogens (tertiary/aromatic N) is 2. The minimum atomic E-state index is -0.785. The first-order chi connectivity index (χ1) is 11.5. The van der Waals surface area contributed by atoms with E-state index in [9.17, 15) is 14.7 Å². The minimum absolute atomic E-state index is 0.0772. The highest BCUT2D eigenvalue weighted by molar-refractivity contribution is 5.81. The Morgan fingerprint density at radius 3 is 2.62 bits per heavy atom. The summed E-state index contributed by atoms with van der Waals surface area (Å²) in [5.41, 5.74) is 2.90. The predicted octanol–water partition coefficient (Wildman–Crippen LogP) is 1.86. The molecule has 128 valence electrons. The number of carbonyl (C=O) groups is 2. The molecule has 3 aliphatic rings. The van der Waals surface area contributed by atoms with Gasteiger partial charge in [-0.15, -0.1) is 0 Å². The number of aliphatic carboxylic acids is 1. The number of likely N-dealkylation sites (tertiary alicyclic amines) is 1. The highest BCUT2D eigenvalue weighted by atomic mass is 16.4. The van der Waals surface area contributed by atoms with Crippen LogP contribution in [-0.4, -0.2) is 53.0 Å². The molecule has 1 saturated heterocycles. The molecule has 2 aliphatic heterocycles. The number of likely N-dealkylation sites (N-methyl/N-ethyl adjacent to an activating group) is 1. The zero-order valence-electron chi connectivity index (χ0n) is 14.1. The van der Waals surface area contributed by atoms with Gasteiger partial charge in [0.2, 0.25) is 5.91 Å². The number of carboxylic acid groups (broad SMARTS) is 1. The predicted molar refractivity (Wildman–Crippen MR) is 89.5 cm³/mol. The molecular formula is C19H24N2O3. The number of fused-ring (bicyclic) bond motifs is 2. The van der Waals surface area contributed by atoms with Crippen molar-refractivity contribution in [2.24, 2.45) is 5.92 Å². The zero-order valence-corrected chi connectivity index (χ0v) is 14.1. The number of hydrogen-bond acceptors (Lipinski definition) is 3. The number of carbonyl (C=O) groups excluding carboxylic acids is 1. The van der Waals surface area contributed by atoms with Crippen molar-refractivity contribution in [1.29, 1.82) is 0 Å². The van der Waals surface area contributed by atoms with Gasteiger partial charge in [0.1, 0.15) is 6.04 Å². The highest BCUT2D eigenvalue weighted by Crippen LogP contribution is 2.52. The van der Waals surface area contributed by atoms with Gasteiger partial charge in [-0.25, -0.2) is 0 Å². The van der Waals surface area contributed by atoms with Gasteiger partial charge < -0.3 is 10.0 Å². The van der Waals surface area contributed by atoms with E-state index in [0.29, 0.717) is 25.9 Å². The smallest absolute Gasteiger partial charge is 0.320 e. The molecule has 1 spiro atoms. The van der Waals surface area contributed by atoms with Crippen molar-refractivity contribution in [2.75, 3.05) is 20.1 Å². The number of amides is 1. The first-order valence-electron chi connectivity index (χ1n) is 8.80. The van der Waals surface area contributed by atoms with Crippen molar-refractivity contribution in [3.8, 4) is 0 Å². The number of rotatable bonds is 2. The van der Waals surface area contributed by atoms with Crippen molar-refractivity contribution in [2.45, 2.75) is 43.7 Å². The number of hydrogen-bond donors (Lipinski definition) is 1. The Bertz CT molecular complexity index is 683. The van der Waals surface area contributed by atoms with Gasteiger partial charge in [0.25, 0.3) is 0 Å². The van der Waals surface area contributed by atoms with E-state index in [1.54, 1.807) is 0 Å². The lowest BCUT2D eigenvalue weighted by molar-refractivity contribution is -0.148. The second-order valence-electron chi connectivity index (χ2n) is 7.70. The molecule has 0 bridgehead atoms. The SMILES string of the molecule is CN1CC(C(=O)N2Cc3ccccc3C3(CC3)C2)CCC1C(=O)O. The quantitative estimate of drug-likeness (QED) is 0.900. The fourth-order valence-corrected chi connectivity index (χ4v) is 4.54. The van der Waals surface area contributed by atoms with E-state index >= 15 is 0 Å². The van der Waals surface area contributed by atoms with E-state index in [2.05, 4.69) is 24.3 Å². The first-order valence-corrected chi connectivity index (χ1v) is 8.80. The molecule has 4 rings (SSSR count). The molecule has 2 unspecified atom stereocenters. The zero-order chi connectivity index (χ0) is 16.9. The normalized spacial score (nSPS) is 28.5. The van der Waals surface area contributed by atoms with E-state index in [1.807, 2.05) is 16.8 Å². The Morgan fingerprint density at radius 1 is 1.21 bits per heavy atom. The number of piperidine rings is 1. The largest absolute Gasteiger partial charge is 0.480 e. The van der Waals surface area contributed by atoms with Crippen LogP contribution in [0.1, 0.15) is 36.8 Å². The highest BCUT2D eigenvalue weighted by Gasteiger charge is 2.50. The molecule has 1 aromatic carbocycles. The van der Waals surface area contributed by atoms with Crippen LogP contribution in [0.5, 0.6) is 0 Å². The fraction of sp³-hybridized carbons (Fsp3) is 0.579. The van der Waals surface area contributed by atoms with Crippen LogP contribution < -0.4 is 0 Å². The van der Waals surface area contributed by atoms with Gasteiger partial charge in [-0.1, -0.05) is 24.3 Å². The number of carboxylic acids is 1. The van der Waals surface area contributed by atoms with E-state index in [4.69, 9.17) is 0 Å². The average Bonchev–Trinajstić information content (AvgIpc) is 3.33. The maximum atomic E-state index is 13.1. The van der Waals surface area contributed by atoms with Crippen molar-refractivity contribution >= 4 is 11.9 Å². The van der Waals surface area contributed by atoms with Crippen molar-refractivity contribution in [3.05, 3.63) is 35.4 Å². The van der Waals surface area contributed by atoms with Crippen LogP contribution in [0.15, 0.2) is 24.3 Å². The minimum Gasteiger partial charge on any atom is -0.480 e. The van der Waals surface area contributed by atoms with Crippen LogP contribution in [0.3, 0.4) is 0 Å². The monoisotopic (exact) mass is 328 g/mol. The van der Waals surface area contributed by atoms with Gasteiger partial charge in [0, 0.05) is 25.0 Å². The van der Waals surface area contributed by atoms with E-state index in [0.717, 1.165) is 6.54 Å². The lowest BCUT2D eigenvalue weighted by atomic mass is 9.85. The summed E-state index contributed by atoms with van der Waals surface area (Å²) in [6.07, 6.45) is 3.56. The molecule has 1 aliphatic carbocycles. The van der Waals surface area contributed by atoms with Gasteiger partial charge in [0.15, 0.2) is 0 Å². The molecule has 0 aromatic heterocycles. The van der Waals surface area contributed by atoms with Crippen LogP contribution >= 0.6 is 0 Å². The summed E-state index contributed by atoms with van der Waals surface area (Å²) in [6, 6.07) is 8.05. The third kappa shape index (κ3) is 2.51. The molecule has 1 N–H and O–H groups in total. The topological polar surface area (TPSA) is 60.9 Å². The van der Waals surface area contributed by atoms with Crippen LogP contribution in [0.4, 0.5) is 0 Å². The summed E-state index contributed by atoms with van der Waals surface area (Å²) in [5.74, 6) is -0.662. The molecule has 2 atom stereocenters. The molecule has 24 heavy (non-hydrogen) atoms. The van der Waals surface area contributed by atoms with Crippen molar-refractivity contribution < 1.29 is 14.7 Å². The van der Waals surface area contributed by atoms with Gasteiger partial charge in [-0.3, -0.25) is 14.5 Å². The van der Waals surface area contributed by atoms with Crippen molar-refractivity contribution in [3.63, 3.8) is 0 Å². The Kier molecular flexibility index (Phi) is 3.64. The Hall–Kier alpha value is -1.88. The Balaban J connectivity index is 1.50. The summed E-state index contributed by atoms with van der Waals surface area (Å²) < 4.78 is 0. The standard InChI is InChI=1S/C19H24N2O3/c1-20-10-14(6-7-16(20)18(23)24)17(22)21-11-13-4-2-3-5-15(13)19(12-21)8-9-19/h2-5,14,16H,6-12H2,1H3,(H,23,24). The summed E-state index contributed by atoms with van der Waals surface area (Å²) in [5, 5.41) is 9.23. The average molecular weight is 328 g/mol. The van der Waals surface area contributed by atoms with E-state index in [1.165, 1.54) is 24.0 Å². The molecule has 1 amide bonds. The fourth-order valence-electron chi connectivity index (χ4n) is 4.54. The Labute approximate surface area is 142 Å². The molecule has 1 aromatic rings. The van der Waals surface area contributed by atoms with E-state index < -0.39 is 12.0 Å². The van der Waals surface area contributed by atoms with Gasteiger partial charge in [-0.2, -0.15) is 0 Å².